The maximum atomic E-state index is 11.8. The van der Waals surface area contributed by atoms with Gasteiger partial charge in [-0.25, -0.2) is 14.6 Å². The third kappa shape index (κ3) is 7.98. The molecule has 23 heavy (non-hydrogen) atoms. The van der Waals surface area contributed by atoms with Crippen LogP contribution in [0.3, 0.4) is 0 Å². The number of carbonyl (C=O) groups excluding carboxylic acids is 1. The van der Waals surface area contributed by atoms with Crippen LogP contribution < -0.4 is 0 Å². The van der Waals surface area contributed by atoms with Gasteiger partial charge in [-0.1, -0.05) is 16.9 Å². The summed E-state index contributed by atoms with van der Waals surface area (Å²) in [5.41, 5.74) is 0. The van der Waals surface area contributed by atoms with E-state index in [-0.39, 0.29) is 24.9 Å². The van der Waals surface area contributed by atoms with Crippen molar-refractivity contribution in [1.82, 2.24) is 14.8 Å². The number of amides is 2. The molecule has 0 aliphatic carbocycles. The minimum Gasteiger partial charge on any atom is -0.465 e. The molecule has 1 atom stereocenters. The number of likely N-dealkylation sites (N-methyl/N-ethyl adjacent to an activating group) is 2. The molecule has 1 aromatic heterocycles. The lowest BCUT2D eigenvalue weighted by atomic mass is 10.5. The zero-order chi connectivity index (χ0) is 17.2. The van der Waals surface area contributed by atoms with Crippen LogP contribution >= 0.6 is 21.6 Å². The summed E-state index contributed by atoms with van der Waals surface area (Å²) in [5.74, 6) is 0. The molecule has 0 aliphatic heterocycles. The third-order valence-electron chi connectivity index (χ3n) is 2.79. The number of hydrogen-bond donors (Lipinski definition) is 1. The summed E-state index contributed by atoms with van der Waals surface area (Å²) in [4.78, 5) is 29.2. The molecule has 0 spiro atoms. The lowest BCUT2D eigenvalue weighted by Crippen LogP contribution is -2.37. The number of pyridine rings is 1. The Morgan fingerprint density at radius 2 is 2.00 bits per heavy atom. The van der Waals surface area contributed by atoms with Crippen LogP contribution in [0.2, 0.25) is 0 Å². The van der Waals surface area contributed by atoms with Crippen molar-refractivity contribution < 1.29 is 19.4 Å². The van der Waals surface area contributed by atoms with E-state index in [0.29, 0.717) is 0 Å². The van der Waals surface area contributed by atoms with Crippen molar-refractivity contribution in [3.63, 3.8) is 0 Å². The maximum absolute atomic E-state index is 11.8. The van der Waals surface area contributed by atoms with Crippen LogP contribution in [0.15, 0.2) is 29.4 Å². The SMILES string of the molecule is C[C@H](COC(=O)N(C)CCN(C)C(=O)O)SSc1ccccn1. The van der Waals surface area contributed by atoms with Crippen LogP contribution in [0, 0.1) is 0 Å². The Bertz CT molecular complexity index is 504. The fourth-order valence-electron chi connectivity index (χ4n) is 1.34. The van der Waals surface area contributed by atoms with Gasteiger partial charge >= 0.3 is 12.2 Å². The van der Waals surface area contributed by atoms with Gasteiger partial charge < -0.3 is 19.6 Å². The molecule has 0 bridgehead atoms. The van der Waals surface area contributed by atoms with Gasteiger partial charge in [0.05, 0.1) is 0 Å². The molecule has 7 nitrogen and oxygen atoms in total. The summed E-state index contributed by atoms with van der Waals surface area (Å²) in [7, 11) is 6.15. The minimum atomic E-state index is -1.02. The van der Waals surface area contributed by atoms with Crippen LogP contribution in [0.4, 0.5) is 9.59 Å². The quantitative estimate of drug-likeness (QED) is 0.715. The third-order valence-corrected chi connectivity index (χ3v) is 5.55. The Balaban J connectivity index is 2.22. The summed E-state index contributed by atoms with van der Waals surface area (Å²) >= 11 is 0. The first kappa shape index (κ1) is 19.4. The van der Waals surface area contributed by atoms with E-state index in [2.05, 4.69) is 4.98 Å². The molecule has 1 N–H and O–H groups in total. The first-order valence-electron chi connectivity index (χ1n) is 6.96. The second-order valence-electron chi connectivity index (χ2n) is 4.86. The molecule has 128 valence electrons. The highest BCUT2D eigenvalue weighted by atomic mass is 33.1. The summed E-state index contributed by atoms with van der Waals surface area (Å²) < 4.78 is 5.21. The standard InChI is InChI=1S/C14H21N3O4S2/c1-11(22-23-12-6-4-5-7-15-12)10-21-14(20)17(3)9-8-16(2)13(18)19/h4-7,11H,8-10H2,1-3H3,(H,18,19)/t11-/m1/s1. The number of nitrogens with zero attached hydrogens (tertiary/aromatic N) is 3. The summed E-state index contributed by atoms with van der Waals surface area (Å²) in [5, 5.41) is 9.76. The van der Waals surface area contributed by atoms with Crippen LogP contribution in [0.1, 0.15) is 6.92 Å². The van der Waals surface area contributed by atoms with E-state index in [1.807, 2.05) is 25.1 Å². The van der Waals surface area contributed by atoms with Gasteiger partial charge in [0.2, 0.25) is 0 Å². The van der Waals surface area contributed by atoms with E-state index in [9.17, 15) is 9.59 Å². The average Bonchev–Trinajstić information content (AvgIpc) is 2.55. The summed E-state index contributed by atoms with van der Waals surface area (Å²) in [6.45, 7) is 2.77. The zero-order valence-electron chi connectivity index (χ0n) is 13.3. The molecule has 0 fully saturated rings. The normalized spacial score (nSPS) is 11.6. The largest absolute Gasteiger partial charge is 0.465 e. The second kappa shape index (κ2) is 10.2. The van der Waals surface area contributed by atoms with Crippen LogP contribution in [0.5, 0.6) is 0 Å². The van der Waals surface area contributed by atoms with E-state index in [0.717, 1.165) is 9.93 Å². The van der Waals surface area contributed by atoms with Gasteiger partial charge in [-0.2, -0.15) is 0 Å². The van der Waals surface area contributed by atoms with Gasteiger partial charge in [-0.3, -0.25) is 0 Å². The zero-order valence-corrected chi connectivity index (χ0v) is 15.0. The lowest BCUT2D eigenvalue weighted by molar-refractivity contribution is 0.107. The smallest absolute Gasteiger partial charge is 0.409 e. The number of ether oxygens (including phenoxy) is 1. The number of rotatable bonds is 8. The molecule has 9 heteroatoms. The van der Waals surface area contributed by atoms with Crippen molar-refractivity contribution in [2.24, 2.45) is 0 Å². The first-order chi connectivity index (χ1) is 10.9. The van der Waals surface area contributed by atoms with E-state index in [1.54, 1.807) is 24.0 Å². The Labute approximate surface area is 143 Å². The topological polar surface area (TPSA) is 83.0 Å². The van der Waals surface area contributed by atoms with E-state index in [4.69, 9.17) is 9.84 Å². The van der Waals surface area contributed by atoms with E-state index < -0.39 is 12.2 Å². The lowest BCUT2D eigenvalue weighted by Gasteiger charge is -2.21. The highest BCUT2D eigenvalue weighted by Gasteiger charge is 2.14. The van der Waals surface area contributed by atoms with Crippen molar-refractivity contribution in [2.75, 3.05) is 33.8 Å². The van der Waals surface area contributed by atoms with Crippen molar-refractivity contribution in [2.45, 2.75) is 17.2 Å². The van der Waals surface area contributed by atoms with Gasteiger partial charge in [0.25, 0.3) is 0 Å². The molecule has 0 saturated carbocycles. The Hall–Kier alpha value is -1.61. The fourth-order valence-corrected chi connectivity index (χ4v) is 3.22. The molecule has 0 radical (unpaired) electrons. The minimum absolute atomic E-state index is 0.112. The summed E-state index contributed by atoms with van der Waals surface area (Å²) in [6, 6.07) is 5.70. The average molecular weight is 359 g/mol. The van der Waals surface area contributed by atoms with Gasteiger partial charge in [-0.15, -0.1) is 0 Å². The van der Waals surface area contributed by atoms with E-state index >= 15 is 0 Å². The highest BCUT2D eigenvalue weighted by Crippen LogP contribution is 2.32. The Kier molecular flexibility index (Phi) is 8.64. The predicted octanol–water partition coefficient (Wildman–Crippen LogP) is 2.89. The molecule has 1 aromatic rings. The fraction of sp³-hybridized carbons (Fsp3) is 0.500. The Morgan fingerprint density at radius 3 is 2.61 bits per heavy atom. The molecule has 0 aliphatic rings. The Morgan fingerprint density at radius 1 is 1.30 bits per heavy atom. The molecule has 0 unspecified atom stereocenters. The first-order valence-corrected chi connectivity index (χ1v) is 9.17. The van der Waals surface area contributed by atoms with Crippen LogP contribution in [-0.2, 0) is 4.74 Å². The van der Waals surface area contributed by atoms with Crippen molar-refractivity contribution >= 4 is 33.8 Å². The molecule has 2 amide bonds. The van der Waals surface area contributed by atoms with Crippen LogP contribution in [-0.4, -0.2) is 71.1 Å². The number of carboxylic acid groups (broad SMARTS) is 1. The van der Waals surface area contributed by atoms with Crippen molar-refractivity contribution in [1.29, 1.82) is 0 Å². The predicted molar refractivity (Wildman–Crippen MR) is 91.8 cm³/mol. The van der Waals surface area contributed by atoms with Gasteiger partial charge in [0, 0.05) is 38.6 Å². The van der Waals surface area contributed by atoms with Gasteiger partial charge in [0.15, 0.2) is 0 Å². The van der Waals surface area contributed by atoms with Crippen molar-refractivity contribution in [3.05, 3.63) is 24.4 Å². The maximum Gasteiger partial charge on any atom is 0.409 e. The monoisotopic (exact) mass is 359 g/mol. The molecule has 0 aromatic carbocycles. The van der Waals surface area contributed by atoms with Crippen molar-refractivity contribution in [3.8, 4) is 0 Å². The van der Waals surface area contributed by atoms with Gasteiger partial charge in [-0.05, 0) is 29.9 Å². The number of aromatic nitrogens is 1. The number of carbonyl (C=O) groups is 2. The number of hydrogen-bond acceptors (Lipinski definition) is 6. The second-order valence-corrected chi connectivity index (χ2v) is 7.52. The molecule has 0 saturated heterocycles. The van der Waals surface area contributed by atoms with Gasteiger partial charge in [0.1, 0.15) is 11.6 Å². The van der Waals surface area contributed by atoms with Crippen LogP contribution in [0.25, 0.3) is 0 Å². The van der Waals surface area contributed by atoms with E-state index in [1.165, 1.54) is 22.7 Å². The molecular formula is C14H21N3O4S2. The molecular weight excluding hydrogens is 338 g/mol. The molecule has 1 heterocycles. The summed E-state index contributed by atoms with van der Waals surface area (Å²) in [6.07, 6.45) is 0.249. The molecule has 1 rings (SSSR count). The highest BCUT2D eigenvalue weighted by molar-refractivity contribution is 8.76.